The van der Waals surface area contributed by atoms with Crippen LogP contribution < -0.4 is 14.5 Å². The second-order valence-electron chi connectivity index (χ2n) is 8.95. The number of fused-ring (bicyclic) bond motifs is 2. The highest BCUT2D eigenvalue weighted by atomic mass is 32.2. The Hall–Kier alpha value is -3.41. The Labute approximate surface area is 220 Å². The Morgan fingerprint density at radius 2 is 1.73 bits per heavy atom. The Balaban J connectivity index is 1.27. The summed E-state index contributed by atoms with van der Waals surface area (Å²) in [5, 5.41) is -0.00808. The zero-order chi connectivity index (χ0) is 25.5. The molecule has 11 heteroatoms. The highest BCUT2D eigenvalue weighted by Gasteiger charge is 2.56. The van der Waals surface area contributed by atoms with Crippen LogP contribution in [0.25, 0.3) is 0 Å². The van der Waals surface area contributed by atoms with Gasteiger partial charge in [-0.3, -0.25) is 19.2 Å². The van der Waals surface area contributed by atoms with Crippen molar-refractivity contribution in [1.29, 1.82) is 0 Å². The van der Waals surface area contributed by atoms with Crippen molar-refractivity contribution in [3.8, 4) is 5.75 Å². The molecule has 3 aliphatic heterocycles. The number of hydrogen-bond acceptors (Lipinski definition) is 8. The number of aromatic nitrogens is 1. The number of H-pyrrole nitrogens is 1. The van der Waals surface area contributed by atoms with Crippen molar-refractivity contribution in [2.45, 2.75) is 16.2 Å². The first-order valence-corrected chi connectivity index (χ1v) is 13.6. The molecule has 3 atom stereocenters. The number of carbonyl (C=O) groups excluding carboxylic acids is 3. The zero-order valence-corrected chi connectivity index (χ0v) is 21.3. The van der Waals surface area contributed by atoms with Crippen LogP contribution in [0.2, 0.25) is 0 Å². The van der Waals surface area contributed by atoms with Crippen LogP contribution in [0.15, 0.2) is 64.4 Å². The summed E-state index contributed by atoms with van der Waals surface area (Å²) in [5.41, 5.74) is 1.34. The van der Waals surface area contributed by atoms with Gasteiger partial charge in [-0.1, -0.05) is 53.4 Å². The number of nitrogens with zero attached hydrogens (tertiary/aromatic N) is 2. The summed E-state index contributed by atoms with van der Waals surface area (Å²) in [6.45, 7) is 2.08. The van der Waals surface area contributed by atoms with Gasteiger partial charge in [-0.15, -0.1) is 0 Å². The average molecular weight is 538 g/mol. The maximum Gasteiger partial charge on any atom is 0.305 e. The number of carbonyl (C=O) groups is 3. The molecule has 6 rings (SSSR count). The number of aromatic amines is 1. The summed E-state index contributed by atoms with van der Waals surface area (Å²) in [7, 11) is 0. The van der Waals surface area contributed by atoms with Gasteiger partial charge in [0.05, 0.1) is 29.8 Å². The molecule has 2 aromatic carbocycles. The fraction of sp³-hybridized carbons (Fsp3) is 0.308. The second kappa shape index (κ2) is 9.81. The number of hydrogen-bond donors (Lipinski definition) is 1. The summed E-state index contributed by atoms with van der Waals surface area (Å²) in [5.74, 6) is -1.24. The largest absolute Gasteiger partial charge is 0.484 e. The molecule has 0 aliphatic carbocycles. The van der Waals surface area contributed by atoms with E-state index in [4.69, 9.17) is 9.47 Å². The first-order valence-electron chi connectivity index (χ1n) is 11.9. The molecule has 0 bridgehead atoms. The van der Waals surface area contributed by atoms with Crippen molar-refractivity contribution in [3.05, 3.63) is 74.7 Å². The van der Waals surface area contributed by atoms with Crippen LogP contribution >= 0.6 is 23.1 Å². The molecule has 4 heterocycles. The molecule has 190 valence electrons. The van der Waals surface area contributed by atoms with Crippen molar-refractivity contribution in [2.24, 2.45) is 5.92 Å². The second-order valence-corrected chi connectivity index (χ2v) is 11.1. The van der Waals surface area contributed by atoms with E-state index in [0.717, 1.165) is 21.8 Å². The lowest BCUT2D eigenvalue weighted by molar-refractivity contribution is -0.137. The third-order valence-corrected chi connectivity index (χ3v) is 9.20. The van der Waals surface area contributed by atoms with Gasteiger partial charge in [0, 0.05) is 23.9 Å². The lowest BCUT2D eigenvalue weighted by atomic mass is 9.83. The number of anilines is 1. The Bertz CT molecular complexity index is 1400. The topological polar surface area (TPSA) is 109 Å². The van der Waals surface area contributed by atoms with Gasteiger partial charge in [-0.2, -0.15) is 0 Å². The summed E-state index contributed by atoms with van der Waals surface area (Å²) < 4.78 is 11.0. The van der Waals surface area contributed by atoms with Gasteiger partial charge in [0.15, 0.2) is 6.61 Å². The molecular formula is C26H23N3O6S2. The smallest absolute Gasteiger partial charge is 0.305 e. The van der Waals surface area contributed by atoms with E-state index in [0.29, 0.717) is 42.8 Å². The SMILES string of the molecule is O=C(COc1ccc(C2c3sc(=O)[nH]c3SC3C(=O)N(c4ccccc4)C(=O)C32)cc1)N1CCOCC1. The number of morpholine rings is 1. The van der Waals surface area contributed by atoms with Crippen LogP contribution in [0.1, 0.15) is 16.4 Å². The summed E-state index contributed by atoms with van der Waals surface area (Å²) >= 11 is 2.32. The summed E-state index contributed by atoms with van der Waals surface area (Å²) in [4.78, 5) is 58.1. The normalized spacial score (nSPS) is 23.1. The molecule has 0 saturated carbocycles. The molecule has 0 spiro atoms. The van der Waals surface area contributed by atoms with E-state index >= 15 is 0 Å². The highest BCUT2D eigenvalue weighted by Crippen LogP contribution is 2.53. The van der Waals surface area contributed by atoms with Gasteiger partial charge in [0.25, 0.3) is 5.91 Å². The summed E-state index contributed by atoms with van der Waals surface area (Å²) in [6.07, 6.45) is 0. The predicted molar refractivity (Wildman–Crippen MR) is 138 cm³/mol. The van der Waals surface area contributed by atoms with Crippen molar-refractivity contribution in [1.82, 2.24) is 9.88 Å². The number of imide groups is 1. The summed E-state index contributed by atoms with van der Waals surface area (Å²) in [6, 6.07) is 16.1. The first-order chi connectivity index (χ1) is 18.0. The standard InChI is InChI=1S/C26H23N3O6S2/c30-18(28-10-12-34-13-11-28)14-35-17-8-6-15(7-9-17)19-20-22(36-23-21(19)37-26(33)27-23)25(32)29(24(20)31)16-4-2-1-3-5-16/h1-9,19-20,22H,10-14H2,(H,27,33). The predicted octanol–water partition coefficient (Wildman–Crippen LogP) is 2.47. The molecule has 0 radical (unpaired) electrons. The maximum absolute atomic E-state index is 13.7. The Morgan fingerprint density at radius 3 is 2.46 bits per heavy atom. The van der Waals surface area contributed by atoms with Gasteiger partial charge in [-0.05, 0) is 29.8 Å². The van der Waals surface area contributed by atoms with Crippen molar-refractivity contribution < 1.29 is 23.9 Å². The van der Waals surface area contributed by atoms with E-state index in [-0.39, 0.29) is 29.2 Å². The number of ether oxygens (including phenoxy) is 2. The van der Waals surface area contributed by atoms with E-state index in [1.807, 2.05) is 18.2 Å². The van der Waals surface area contributed by atoms with Crippen molar-refractivity contribution in [3.63, 3.8) is 0 Å². The van der Waals surface area contributed by atoms with Crippen molar-refractivity contribution in [2.75, 3.05) is 37.8 Å². The number of thioether (sulfide) groups is 1. The molecule has 3 amide bonds. The molecular weight excluding hydrogens is 514 g/mol. The van der Waals surface area contributed by atoms with Gasteiger partial charge >= 0.3 is 4.87 Å². The minimum absolute atomic E-state index is 0.0767. The number of nitrogens with one attached hydrogen (secondary N) is 1. The minimum Gasteiger partial charge on any atom is -0.484 e. The first kappa shape index (κ1) is 24.0. The average Bonchev–Trinajstić information content (AvgIpc) is 3.42. The van der Waals surface area contributed by atoms with Crippen LogP contribution in [0.5, 0.6) is 5.75 Å². The Morgan fingerprint density at radius 1 is 1.00 bits per heavy atom. The van der Waals surface area contributed by atoms with E-state index in [2.05, 4.69) is 4.98 Å². The molecule has 1 aromatic heterocycles. The van der Waals surface area contributed by atoms with E-state index in [9.17, 15) is 19.2 Å². The number of benzene rings is 2. The number of para-hydroxylation sites is 1. The van der Waals surface area contributed by atoms with Crippen LogP contribution in [-0.4, -0.2) is 65.8 Å². The fourth-order valence-electron chi connectivity index (χ4n) is 5.03. The maximum atomic E-state index is 13.7. The lowest BCUT2D eigenvalue weighted by Crippen LogP contribution is -2.42. The van der Waals surface area contributed by atoms with Crippen LogP contribution in [-0.2, 0) is 19.1 Å². The molecule has 2 saturated heterocycles. The zero-order valence-electron chi connectivity index (χ0n) is 19.6. The Kier molecular flexibility index (Phi) is 6.35. The lowest BCUT2D eigenvalue weighted by Gasteiger charge is -2.30. The third-order valence-electron chi connectivity index (χ3n) is 6.80. The number of rotatable bonds is 5. The molecule has 2 fully saturated rings. The van der Waals surface area contributed by atoms with Crippen LogP contribution in [0, 0.1) is 5.92 Å². The van der Waals surface area contributed by atoms with E-state index in [1.54, 1.807) is 41.3 Å². The van der Waals surface area contributed by atoms with Gasteiger partial charge in [0.1, 0.15) is 11.0 Å². The number of amides is 3. The van der Waals surface area contributed by atoms with E-state index in [1.165, 1.54) is 16.7 Å². The number of thiazole rings is 1. The molecule has 3 aliphatic rings. The molecule has 37 heavy (non-hydrogen) atoms. The monoisotopic (exact) mass is 537 g/mol. The molecule has 1 N–H and O–H groups in total. The molecule has 3 unspecified atom stereocenters. The van der Waals surface area contributed by atoms with Crippen LogP contribution in [0.4, 0.5) is 5.69 Å². The van der Waals surface area contributed by atoms with Crippen LogP contribution in [0.3, 0.4) is 0 Å². The molecule has 9 nitrogen and oxygen atoms in total. The van der Waals surface area contributed by atoms with E-state index < -0.39 is 17.1 Å². The fourth-order valence-corrected chi connectivity index (χ4v) is 7.54. The molecule has 3 aromatic rings. The highest BCUT2D eigenvalue weighted by molar-refractivity contribution is 8.00. The third kappa shape index (κ3) is 4.36. The quantitative estimate of drug-likeness (QED) is 0.498. The van der Waals surface area contributed by atoms with Crippen molar-refractivity contribution >= 4 is 46.5 Å². The minimum atomic E-state index is -0.647. The van der Waals surface area contributed by atoms with Gasteiger partial charge < -0.3 is 19.4 Å². The van der Waals surface area contributed by atoms with Gasteiger partial charge in [-0.25, -0.2) is 4.90 Å². The van der Waals surface area contributed by atoms with Gasteiger partial charge in [0.2, 0.25) is 11.8 Å².